The van der Waals surface area contributed by atoms with Crippen molar-refractivity contribution in [3.8, 4) is 0 Å². The molecule has 0 aliphatic rings. The van der Waals surface area contributed by atoms with Crippen LogP contribution < -0.4 is 0 Å². The number of carbonyl (C=O) groups is 1. The maximum Gasteiger partial charge on any atom is 0.347 e. The van der Waals surface area contributed by atoms with Gasteiger partial charge in [-0.05, 0) is 41.3 Å². The van der Waals surface area contributed by atoms with Gasteiger partial charge in [-0.1, -0.05) is 70.0 Å². The highest BCUT2D eigenvalue weighted by Gasteiger charge is 2.41. The van der Waals surface area contributed by atoms with Crippen LogP contribution in [0.1, 0.15) is 25.0 Å². The minimum absolute atomic E-state index is 0.193. The number of halogens is 2. The molecule has 0 unspecified atom stereocenters. The summed E-state index contributed by atoms with van der Waals surface area (Å²) in [5, 5.41) is 11.2. The van der Waals surface area contributed by atoms with Crippen LogP contribution in [0.2, 0.25) is 0 Å². The highest BCUT2D eigenvalue weighted by atomic mass is 79.9. The van der Waals surface area contributed by atoms with Crippen LogP contribution in [-0.2, 0) is 15.1 Å². The number of aliphatic hydroxyl groups is 1. The Morgan fingerprint density at radius 1 is 1.00 bits per heavy atom. The molecular weight excluding hydrogens is 424 g/mol. The lowest BCUT2D eigenvalue weighted by molar-refractivity contribution is -0.163. The molecule has 0 aromatic heterocycles. The molecule has 0 heterocycles. The lowest BCUT2D eigenvalue weighted by Gasteiger charge is -2.27. The van der Waals surface area contributed by atoms with Gasteiger partial charge in [-0.2, -0.15) is 0 Å². The molecule has 2 aromatic carbocycles. The minimum Gasteiger partial charge on any atom is -0.463 e. The van der Waals surface area contributed by atoms with Crippen molar-refractivity contribution in [3.05, 3.63) is 68.6 Å². The highest BCUT2D eigenvalue weighted by molar-refractivity contribution is 9.10. The van der Waals surface area contributed by atoms with E-state index >= 15 is 0 Å². The van der Waals surface area contributed by atoms with Crippen molar-refractivity contribution < 1.29 is 14.6 Å². The van der Waals surface area contributed by atoms with Gasteiger partial charge in [0.25, 0.3) is 0 Å². The zero-order chi connectivity index (χ0) is 17.0. The number of hydrogen-bond donors (Lipinski definition) is 1. The third kappa shape index (κ3) is 4.22. The quantitative estimate of drug-likeness (QED) is 0.687. The van der Waals surface area contributed by atoms with Crippen LogP contribution in [0.25, 0.3) is 0 Å². The topological polar surface area (TPSA) is 46.5 Å². The van der Waals surface area contributed by atoms with Gasteiger partial charge in [0.1, 0.15) is 0 Å². The number of esters is 1. The molecule has 0 saturated heterocycles. The molecule has 0 bridgehead atoms. The SMILES string of the molecule is CC(C)COC(=O)C(O)(c1ccc(Br)cc1)c1ccc(Br)cc1. The largest absolute Gasteiger partial charge is 0.463 e. The van der Waals surface area contributed by atoms with Gasteiger partial charge in [-0.25, -0.2) is 4.79 Å². The second-order valence-corrected chi connectivity index (χ2v) is 7.55. The van der Waals surface area contributed by atoms with Gasteiger partial charge >= 0.3 is 5.97 Å². The molecule has 0 aliphatic carbocycles. The van der Waals surface area contributed by atoms with E-state index in [4.69, 9.17) is 4.74 Å². The van der Waals surface area contributed by atoms with Crippen LogP contribution in [0.3, 0.4) is 0 Å². The molecule has 0 saturated carbocycles. The average molecular weight is 442 g/mol. The molecule has 5 heteroatoms. The number of ether oxygens (including phenoxy) is 1. The summed E-state index contributed by atoms with van der Waals surface area (Å²) < 4.78 is 7.07. The average Bonchev–Trinajstić information content (AvgIpc) is 2.53. The monoisotopic (exact) mass is 440 g/mol. The van der Waals surface area contributed by atoms with Crippen LogP contribution in [-0.4, -0.2) is 17.7 Å². The molecule has 23 heavy (non-hydrogen) atoms. The van der Waals surface area contributed by atoms with Gasteiger partial charge < -0.3 is 9.84 Å². The first kappa shape index (κ1) is 18.2. The Kier molecular flexibility index (Phi) is 6.00. The number of hydrogen-bond acceptors (Lipinski definition) is 3. The van der Waals surface area contributed by atoms with E-state index in [1.807, 2.05) is 13.8 Å². The van der Waals surface area contributed by atoms with Crippen molar-refractivity contribution >= 4 is 37.8 Å². The molecule has 2 aromatic rings. The van der Waals surface area contributed by atoms with Crippen LogP contribution >= 0.6 is 31.9 Å². The molecule has 122 valence electrons. The molecule has 3 nitrogen and oxygen atoms in total. The van der Waals surface area contributed by atoms with Crippen molar-refractivity contribution in [2.45, 2.75) is 19.4 Å². The Balaban J connectivity index is 2.47. The Bertz CT molecular complexity index is 618. The Labute approximate surface area is 152 Å². The summed E-state index contributed by atoms with van der Waals surface area (Å²) in [6.07, 6.45) is 0. The lowest BCUT2D eigenvalue weighted by atomic mass is 9.86. The van der Waals surface area contributed by atoms with Crippen molar-refractivity contribution in [1.82, 2.24) is 0 Å². The smallest absolute Gasteiger partial charge is 0.347 e. The molecule has 0 fully saturated rings. The van der Waals surface area contributed by atoms with E-state index < -0.39 is 11.6 Å². The van der Waals surface area contributed by atoms with Gasteiger partial charge in [0.05, 0.1) is 6.61 Å². The summed E-state index contributed by atoms with van der Waals surface area (Å²) in [6, 6.07) is 14.0. The zero-order valence-electron chi connectivity index (χ0n) is 12.9. The van der Waals surface area contributed by atoms with Gasteiger partial charge in [-0.3, -0.25) is 0 Å². The number of carbonyl (C=O) groups excluding carboxylic acids is 1. The van der Waals surface area contributed by atoms with Gasteiger partial charge in [0.15, 0.2) is 0 Å². The van der Waals surface area contributed by atoms with E-state index in [1.54, 1.807) is 48.5 Å². The summed E-state index contributed by atoms with van der Waals surface area (Å²) in [4.78, 5) is 12.6. The summed E-state index contributed by atoms with van der Waals surface area (Å²) in [6.45, 7) is 4.16. The van der Waals surface area contributed by atoms with E-state index in [1.165, 1.54) is 0 Å². The first-order chi connectivity index (χ1) is 10.8. The fraction of sp³-hybridized carbons (Fsp3) is 0.278. The second-order valence-electron chi connectivity index (χ2n) is 5.72. The highest BCUT2D eigenvalue weighted by Crippen LogP contribution is 2.33. The summed E-state index contributed by atoms with van der Waals surface area (Å²) in [5.41, 5.74) is -0.899. The van der Waals surface area contributed by atoms with E-state index in [-0.39, 0.29) is 12.5 Å². The molecule has 2 rings (SSSR count). The Morgan fingerprint density at radius 2 is 1.39 bits per heavy atom. The van der Waals surface area contributed by atoms with E-state index in [9.17, 15) is 9.90 Å². The summed E-state index contributed by atoms with van der Waals surface area (Å²) >= 11 is 6.72. The standard InChI is InChI=1S/C18H18Br2O3/c1-12(2)11-23-17(21)18(22,13-3-7-15(19)8-4-13)14-5-9-16(20)10-6-14/h3-10,12,22H,11H2,1-2H3. The molecular formula is C18H18Br2O3. The van der Waals surface area contributed by atoms with Crippen molar-refractivity contribution in [1.29, 1.82) is 0 Å². The van der Waals surface area contributed by atoms with Crippen LogP contribution in [0.5, 0.6) is 0 Å². The zero-order valence-corrected chi connectivity index (χ0v) is 16.1. The van der Waals surface area contributed by atoms with Crippen LogP contribution in [0.4, 0.5) is 0 Å². The molecule has 1 N–H and O–H groups in total. The third-order valence-corrected chi connectivity index (χ3v) is 4.42. The Hall–Kier alpha value is -1.17. The van der Waals surface area contributed by atoms with Crippen LogP contribution in [0.15, 0.2) is 57.5 Å². The Morgan fingerprint density at radius 3 is 1.74 bits per heavy atom. The third-order valence-electron chi connectivity index (χ3n) is 3.37. The lowest BCUT2D eigenvalue weighted by Crippen LogP contribution is -2.39. The van der Waals surface area contributed by atoms with E-state index in [0.717, 1.165) is 8.95 Å². The fourth-order valence-corrected chi connectivity index (χ4v) is 2.66. The maximum absolute atomic E-state index is 12.6. The second kappa shape index (κ2) is 7.60. The summed E-state index contributed by atoms with van der Waals surface area (Å²) in [7, 11) is 0. The first-order valence-electron chi connectivity index (χ1n) is 7.25. The molecule has 0 radical (unpaired) electrons. The predicted molar refractivity (Wildman–Crippen MR) is 97.1 cm³/mol. The van der Waals surface area contributed by atoms with E-state index in [0.29, 0.717) is 11.1 Å². The normalized spacial score (nSPS) is 11.6. The van der Waals surface area contributed by atoms with Gasteiger partial charge in [0, 0.05) is 8.95 Å². The van der Waals surface area contributed by atoms with Gasteiger partial charge in [-0.15, -0.1) is 0 Å². The predicted octanol–water partition coefficient (Wildman–Crippen LogP) is 4.65. The number of benzene rings is 2. The van der Waals surface area contributed by atoms with Crippen molar-refractivity contribution in [2.75, 3.05) is 6.61 Å². The maximum atomic E-state index is 12.6. The van der Waals surface area contributed by atoms with E-state index in [2.05, 4.69) is 31.9 Å². The van der Waals surface area contributed by atoms with Crippen molar-refractivity contribution in [3.63, 3.8) is 0 Å². The summed E-state index contributed by atoms with van der Waals surface area (Å²) in [5.74, 6) is -0.478. The fourth-order valence-electron chi connectivity index (χ4n) is 2.13. The first-order valence-corrected chi connectivity index (χ1v) is 8.84. The number of rotatable bonds is 5. The molecule has 0 amide bonds. The molecule has 0 atom stereocenters. The molecule has 0 spiro atoms. The molecule has 0 aliphatic heterocycles. The van der Waals surface area contributed by atoms with Gasteiger partial charge in [0.2, 0.25) is 5.60 Å². The van der Waals surface area contributed by atoms with Crippen LogP contribution in [0, 0.1) is 5.92 Å². The minimum atomic E-state index is -1.84. The van der Waals surface area contributed by atoms with Crippen molar-refractivity contribution in [2.24, 2.45) is 5.92 Å².